The molecule has 0 unspecified atom stereocenters. The average molecular weight is 207 g/mol. The molecule has 4 heteroatoms. The molecule has 0 aromatic heterocycles. The molecule has 80 valence electrons. The van der Waals surface area contributed by atoms with Gasteiger partial charge in [-0.1, -0.05) is 0 Å². The third-order valence-electron chi connectivity index (χ3n) is 2.33. The van der Waals surface area contributed by atoms with Crippen molar-refractivity contribution in [3.05, 3.63) is 24.3 Å². The lowest BCUT2D eigenvalue weighted by Gasteiger charge is -2.25. The number of carbonyl (C=O) groups is 1. The maximum absolute atomic E-state index is 11.5. The number of anilines is 1. The zero-order valence-corrected chi connectivity index (χ0v) is 8.27. The summed E-state index contributed by atoms with van der Waals surface area (Å²) in [5.41, 5.74) is 0.707. The van der Waals surface area contributed by atoms with E-state index in [1.165, 1.54) is 0 Å². The van der Waals surface area contributed by atoms with Gasteiger partial charge in [-0.3, -0.25) is 4.79 Å². The molecule has 0 spiro atoms. The number of phenols is 1. The van der Waals surface area contributed by atoms with E-state index in [1.54, 1.807) is 24.3 Å². The summed E-state index contributed by atoms with van der Waals surface area (Å²) in [5, 5.41) is 11.8. The first-order valence-electron chi connectivity index (χ1n) is 4.90. The zero-order chi connectivity index (χ0) is 10.7. The molecule has 1 saturated heterocycles. The molecule has 0 atom stereocenters. The van der Waals surface area contributed by atoms with E-state index in [1.807, 2.05) is 0 Å². The third kappa shape index (κ3) is 2.70. The number of phenolic OH excluding ortho intramolecular Hbond substituents is 1. The maximum atomic E-state index is 11.5. The van der Waals surface area contributed by atoms with Gasteiger partial charge in [-0.2, -0.15) is 0 Å². The SMILES string of the molecule is O=C(CC1COC1)Nc1ccc(O)cc1. The molecule has 0 aliphatic carbocycles. The number of carbonyl (C=O) groups excluding carboxylic acids is 1. The monoisotopic (exact) mass is 207 g/mol. The molecule has 15 heavy (non-hydrogen) atoms. The van der Waals surface area contributed by atoms with Gasteiger partial charge in [0, 0.05) is 18.0 Å². The minimum absolute atomic E-state index is 0.00557. The van der Waals surface area contributed by atoms with E-state index in [0.717, 1.165) is 0 Å². The van der Waals surface area contributed by atoms with E-state index in [-0.39, 0.29) is 11.7 Å². The topological polar surface area (TPSA) is 58.6 Å². The van der Waals surface area contributed by atoms with E-state index in [4.69, 9.17) is 9.84 Å². The molecule has 2 rings (SSSR count). The second kappa shape index (κ2) is 4.31. The van der Waals surface area contributed by atoms with Crippen molar-refractivity contribution in [2.45, 2.75) is 6.42 Å². The van der Waals surface area contributed by atoms with Gasteiger partial charge >= 0.3 is 0 Å². The molecule has 1 fully saturated rings. The first-order chi connectivity index (χ1) is 7.24. The molecule has 1 amide bonds. The Morgan fingerprint density at radius 3 is 2.60 bits per heavy atom. The molecule has 2 N–H and O–H groups in total. The number of rotatable bonds is 3. The fourth-order valence-corrected chi connectivity index (χ4v) is 1.42. The summed E-state index contributed by atoms with van der Waals surface area (Å²) in [6.45, 7) is 1.37. The van der Waals surface area contributed by atoms with Gasteiger partial charge in [0.1, 0.15) is 5.75 Å². The van der Waals surface area contributed by atoms with Crippen molar-refractivity contribution in [1.82, 2.24) is 0 Å². The van der Waals surface area contributed by atoms with Crippen LogP contribution in [-0.4, -0.2) is 24.2 Å². The van der Waals surface area contributed by atoms with Crippen LogP contribution in [0.25, 0.3) is 0 Å². The van der Waals surface area contributed by atoms with Crippen molar-refractivity contribution in [3.8, 4) is 5.75 Å². The second-order valence-corrected chi connectivity index (χ2v) is 3.70. The molecule has 1 aliphatic rings. The quantitative estimate of drug-likeness (QED) is 0.736. The van der Waals surface area contributed by atoms with Crippen molar-refractivity contribution in [3.63, 3.8) is 0 Å². The lowest BCUT2D eigenvalue weighted by Crippen LogP contribution is -2.31. The summed E-state index contributed by atoms with van der Waals surface area (Å²) >= 11 is 0. The first kappa shape index (κ1) is 9.98. The van der Waals surface area contributed by atoms with Gasteiger partial charge in [0.15, 0.2) is 0 Å². The summed E-state index contributed by atoms with van der Waals surface area (Å²) in [6.07, 6.45) is 0.501. The van der Waals surface area contributed by atoms with E-state index in [9.17, 15) is 4.79 Å². The highest BCUT2D eigenvalue weighted by Gasteiger charge is 2.21. The maximum Gasteiger partial charge on any atom is 0.224 e. The Kier molecular flexibility index (Phi) is 2.87. The standard InChI is InChI=1S/C11H13NO3/c13-10-3-1-9(2-4-10)12-11(14)5-8-6-15-7-8/h1-4,8,13H,5-7H2,(H,12,14). The molecule has 0 saturated carbocycles. The van der Waals surface area contributed by atoms with Crippen LogP contribution in [0.4, 0.5) is 5.69 Å². The summed E-state index contributed by atoms with van der Waals surface area (Å²) in [7, 11) is 0. The van der Waals surface area contributed by atoms with Crippen LogP contribution in [0, 0.1) is 5.92 Å². The second-order valence-electron chi connectivity index (χ2n) is 3.70. The van der Waals surface area contributed by atoms with Crippen LogP contribution in [-0.2, 0) is 9.53 Å². The normalized spacial score (nSPS) is 15.7. The number of ether oxygens (including phenoxy) is 1. The number of hydrogen-bond acceptors (Lipinski definition) is 3. The zero-order valence-electron chi connectivity index (χ0n) is 8.27. The molecule has 1 aromatic carbocycles. The van der Waals surface area contributed by atoms with Gasteiger partial charge in [0.25, 0.3) is 0 Å². The predicted molar refractivity (Wildman–Crippen MR) is 55.7 cm³/mol. The van der Waals surface area contributed by atoms with Gasteiger partial charge in [-0.15, -0.1) is 0 Å². The lowest BCUT2D eigenvalue weighted by atomic mass is 10.0. The van der Waals surface area contributed by atoms with Crippen LogP contribution >= 0.6 is 0 Å². The Labute approximate surface area is 87.9 Å². The Morgan fingerprint density at radius 1 is 1.40 bits per heavy atom. The van der Waals surface area contributed by atoms with Crippen LogP contribution in [0.3, 0.4) is 0 Å². The van der Waals surface area contributed by atoms with Crippen molar-refractivity contribution in [1.29, 1.82) is 0 Å². The number of hydrogen-bond donors (Lipinski definition) is 2. The van der Waals surface area contributed by atoms with Crippen molar-refractivity contribution < 1.29 is 14.6 Å². The molecule has 4 nitrogen and oxygen atoms in total. The highest BCUT2D eigenvalue weighted by molar-refractivity contribution is 5.90. The third-order valence-corrected chi connectivity index (χ3v) is 2.33. The van der Waals surface area contributed by atoms with Crippen molar-refractivity contribution in [2.75, 3.05) is 18.5 Å². The Hall–Kier alpha value is -1.55. The molecular weight excluding hydrogens is 194 g/mol. The van der Waals surface area contributed by atoms with Crippen LogP contribution in [0.1, 0.15) is 6.42 Å². The van der Waals surface area contributed by atoms with E-state index < -0.39 is 0 Å². The summed E-state index contributed by atoms with van der Waals surface area (Å²) < 4.78 is 4.99. The fourth-order valence-electron chi connectivity index (χ4n) is 1.42. The average Bonchev–Trinajstić information content (AvgIpc) is 2.16. The first-order valence-corrected chi connectivity index (χ1v) is 4.90. The van der Waals surface area contributed by atoms with Crippen LogP contribution in [0.5, 0.6) is 5.75 Å². The summed E-state index contributed by atoms with van der Waals surface area (Å²) in [4.78, 5) is 11.5. The van der Waals surface area contributed by atoms with Crippen LogP contribution < -0.4 is 5.32 Å². The van der Waals surface area contributed by atoms with Gasteiger partial charge in [-0.25, -0.2) is 0 Å². The van der Waals surface area contributed by atoms with Gasteiger partial charge in [0.2, 0.25) is 5.91 Å². The molecule has 1 aliphatic heterocycles. The predicted octanol–water partition coefficient (Wildman–Crippen LogP) is 1.37. The highest BCUT2D eigenvalue weighted by atomic mass is 16.5. The van der Waals surface area contributed by atoms with Crippen LogP contribution in [0.2, 0.25) is 0 Å². The molecule has 1 aromatic rings. The molecule has 1 heterocycles. The van der Waals surface area contributed by atoms with Gasteiger partial charge < -0.3 is 15.2 Å². The van der Waals surface area contributed by atoms with Crippen LogP contribution in [0.15, 0.2) is 24.3 Å². The number of amides is 1. The number of nitrogens with one attached hydrogen (secondary N) is 1. The lowest BCUT2D eigenvalue weighted by molar-refractivity contribution is -0.121. The molecular formula is C11H13NO3. The van der Waals surface area contributed by atoms with Gasteiger partial charge in [0.05, 0.1) is 13.2 Å². The summed E-state index contributed by atoms with van der Waals surface area (Å²) in [5.74, 6) is 0.552. The highest BCUT2D eigenvalue weighted by Crippen LogP contribution is 2.17. The minimum Gasteiger partial charge on any atom is -0.508 e. The summed E-state index contributed by atoms with van der Waals surface area (Å²) in [6, 6.07) is 6.43. The Bertz CT molecular complexity index is 343. The Balaban J connectivity index is 1.84. The van der Waals surface area contributed by atoms with E-state index in [0.29, 0.717) is 31.2 Å². The van der Waals surface area contributed by atoms with Gasteiger partial charge in [-0.05, 0) is 24.3 Å². The minimum atomic E-state index is -0.00557. The smallest absolute Gasteiger partial charge is 0.224 e. The van der Waals surface area contributed by atoms with E-state index in [2.05, 4.69) is 5.32 Å². The fraction of sp³-hybridized carbons (Fsp3) is 0.364. The largest absolute Gasteiger partial charge is 0.508 e. The van der Waals surface area contributed by atoms with E-state index >= 15 is 0 Å². The number of aromatic hydroxyl groups is 1. The Morgan fingerprint density at radius 2 is 2.07 bits per heavy atom. The van der Waals surface area contributed by atoms with Crippen molar-refractivity contribution in [2.24, 2.45) is 5.92 Å². The van der Waals surface area contributed by atoms with Crippen molar-refractivity contribution >= 4 is 11.6 Å². The number of benzene rings is 1. The molecule has 0 bridgehead atoms. The molecule has 0 radical (unpaired) electrons.